The molecule has 1 atom stereocenters. The zero-order valence-electron chi connectivity index (χ0n) is 10.8. The zero-order chi connectivity index (χ0) is 13.9. The van der Waals surface area contributed by atoms with Crippen LogP contribution in [0.15, 0.2) is 23.1 Å². The minimum atomic E-state index is -3.93. The van der Waals surface area contributed by atoms with Gasteiger partial charge in [0.2, 0.25) is 10.0 Å². The highest BCUT2D eigenvalue weighted by atomic mass is 32.2. The average molecular weight is 274 g/mol. The second-order valence-corrected chi connectivity index (χ2v) is 6.19. The SMILES string of the molecule is CCC(NS(=O)(=O)c1c(N)cccc1F)C(C)C. The lowest BCUT2D eigenvalue weighted by Crippen LogP contribution is -2.38. The van der Waals surface area contributed by atoms with Crippen LogP contribution in [0.3, 0.4) is 0 Å². The van der Waals surface area contributed by atoms with Gasteiger partial charge in [0.05, 0.1) is 5.69 Å². The Labute approximate surface area is 107 Å². The van der Waals surface area contributed by atoms with E-state index in [0.29, 0.717) is 6.42 Å². The van der Waals surface area contributed by atoms with Gasteiger partial charge in [-0.15, -0.1) is 0 Å². The predicted octanol–water partition coefficient (Wildman–Crippen LogP) is 2.12. The number of rotatable bonds is 5. The molecular formula is C12H19FN2O2S. The summed E-state index contributed by atoms with van der Waals surface area (Å²) >= 11 is 0. The van der Waals surface area contributed by atoms with Crippen molar-refractivity contribution in [2.45, 2.75) is 38.1 Å². The van der Waals surface area contributed by atoms with E-state index >= 15 is 0 Å². The summed E-state index contributed by atoms with van der Waals surface area (Å²) in [6.07, 6.45) is 0.630. The number of benzene rings is 1. The Bertz CT molecular complexity index is 495. The van der Waals surface area contributed by atoms with Crippen molar-refractivity contribution in [3.8, 4) is 0 Å². The summed E-state index contributed by atoms with van der Waals surface area (Å²) in [5.74, 6) is -0.709. The molecule has 1 aromatic rings. The first kappa shape index (κ1) is 14.9. The number of sulfonamides is 1. The van der Waals surface area contributed by atoms with Crippen molar-refractivity contribution in [2.75, 3.05) is 5.73 Å². The van der Waals surface area contributed by atoms with Gasteiger partial charge in [-0.05, 0) is 24.5 Å². The van der Waals surface area contributed by atoms with Gasteiger partial charge in [0.15, 0.2) is 0 Å². The molecular weight excluding hydrogens is 255 g/mol. The molecule has 4 nitrogen and oxygen atoms in total. The number of hydrogen-bond donors (Lipinski definition) is 2. The highest BCUT2D eigenvalue weighted by Gasteiger charge is 2.26. The van der Waals surface area contributed by atoms with E-state index in [4.69, 9.17) is 5.73 Å². The Kier molecular flexibility index (Phi) is 4.70. The molecule has 0 spiro atoms. The Morgan fingerprint density at radius 1 is 1.39 bits per heavy atom. The fourth-order valence-electron chi connectivity index (χ4n) is 1.76. The molecule has 102 valence electrons. The second kappa shape index (κ2) is 5.67. The van der Waals surface area contributed by atoms with Crippen LogP contribution < -0.4 is 10.5 Å². The van der Waals surface area contributed by atoms with E-state index in [-0.39, 0.29) is 17.6 Å². The third-order valence-corrected chi connectivity index (χ3v) is 4.40. The first-order valence-corrected chi connectivity index (χ1v) is 7.34. The van der Waals surface area contributed by atoms with Gasteiger partial charge in [-0.1, -0.05) is 26.8 Å². The van der Waals surface area contributed by atoms with Crippen molar-refractivity contribution in [1.82, 2.24) is 4.72 Å². The van der Waals surface area contributed by atoms with E-state index in [1.165, 1.54) is 12.1 Å². The molecule has 0 fully saturated rings. The molecule has 0 heterocycles. The second-order valence-electron chi connectivity index (χ2n) is 4.54. The van der Waals surface area contributed by atoms with Crippen molar-refractivity contribution in [1.29, 1.82) is 0 Å². The van der Waals surface area contributed by atoms with Crippen molar-refractivity contribution < 1.29 is 12.8 Å². The Balaban J connectivity index is 3.15. The molecule has 0 saturated heterocycles. The van der Waals surface area contributed by atoms with Gasteiger partial charge < -0.3 is 5.73 Å². The van der Waals surface area contributed by atoms with Crippen LogP contribution in [0.2, 0.25) is 0 Å². The number of nitrogens with one attached hydrogen (secondary N) is 1. The van der Waals surface area contributed by atoms with E-state index in [2.05, 4.69) is 4.72 Å². The standard InChI is InChI=1S/C12H19FN2O2S/c1-4-11(8(2)3)15-18(16,17)12-9(13)6-5-7-10(12)14/h5-8,11,15H,4,14H2,1-3H3. The van der Waals surface area contributed by atoms with Gasteiger partial charge in [-0.2, -0.15) is 0 Å². The number of nitrogen functional groups attached to an aromatic ring is 1. The van der Waals surface area contributed by atoms with Crippen LogP contribution in [0.25, 0.3) is 0 Å². The summed E-state index contributed by atoms with van der Waals surface area (Å²) in [4.78, 5) is -0.468. The highest BCUT2D eigenvalue weighted by molar-refractivity contribution is 7.89. The number of hydrogen-bond acceptors (Lipinski definition) is 3. The third-order valence-electron chi connectivity index (χ3n) is 2.82. The summed E-state index contributed by atoms with van der Waals surface area (Å²) in [7, 11) is -3.93. The maximum atomic E-state index is 13.6. The molecule has 3 N–H and O–H groups in total. The van der Waals surface area contributed by atoms with Crippen LogP contribution in [0, 0.1) is 11.7 Å². The summed E-state index contributed by atoms with van der Waals surface area (Å²) in [6.45, 7) is 5.68. The molecule has 0 saturated carbocycles. The van der Waals surface area contributed by atoms with Gasteiger partial charge in [-0.3, -0.25) is 0 Å². The monoisotopic (exact) mass is 274 g/mol. The molecule has 6 heteroatoms. The Hall–Kier alpha value is -1.14. The Morgan fingerprint density at radius 2 is 2.00 bits per heavy atom. The lowest BCUT2D eigenvalue weighted by molar-refractivity contribution is 0.436. The van der Waals surface area contributed by atoms with Crippen molar-refractivity contribution in [2.24, 2.45) is 5.92 Å². The molecule has 1 aromatic carbocycles. The van der Waals surface area contributed by atoms with Crippen LogP contribution in [-0.2, 0) is 10.0 Å². The summed E-state index contributed by atoms with van der Waals surface area (Å²) in [5.41, 5.74) is 5.46. The normalized spacial score (nSPS) is 13.8. The molecule has 0 aliphatic rings. The predicted molar refractivity (Wildman–Crippen MR) is 70.1 cm³/mol. The zero-order valence-corrected chi connectivity index (χ0v) is 11.6. The van der Waals surface area contributed by atoms with Gasteiger partial charge in [0.25, 0.3) is 0 Å². The smallest absolute Gasteiger partial charge is 0.245 e. The third kappa shape index (κ3) is 3.20. The maximum absolute atomic E-state index is 13.6. The molecule has 1 unspecified atom stereocenters. The molecule has 0 radical (unpaired) electrons. The number of halogens is 1. The van der Waals surface area contributed by atoms with Crippen LogP contribution in [0.5, 0.6) is 0 Å². The molecule has 0 amide bonds. The van der Waals surface area contributed by atoms with E-state index in [0.717, 1.165) is 6.07 Å². The fraction of sp³-hybridized carbons (Fsp3) is 0.500. The highest BCUT2D eigenvalue weighted by Crippen LogP contribution is 2.22. The van der Waals surface area contributed by atoms with Gasteiger partial charge in [-0.25, -0.2) is 17.5 Å². The van der Waals surface area contributed by atoms with Gasteiger partial charge in [0, 0.05) is 6.04 Å². The minimum Gasteiger partial charge on any atom is -0.398 e. The first-order chi connectivity index (χ1) is 8.29. The average Bonchev–Trinajstić information content (AvgIpc) is 2.25. The van der Waals surface area contributed by atoms with E-state index < -0.39 is 20.7 Å². The largest absolute Gasteiger partial charge is 0.398 e. The molecule has 0 aliphatic heterocycles. The van der Waals surface area contributed by atoms with Crippen LogP contribution in [-0.4, -0.2) is 14.5 Å². The molecule has 0 aromatic heterocycles. The fourth-order valence-corrected chi connectivity index (χ4v) is 3.42. The molecule has 0 aliphatic carbocycles. The summed E-state index contributed by atoms with van der Waals surface area (Å²) < 4.78 is 40.3. The van der Waals surface area contributed by atoms with Crippen molar-refractivity contribution >= 4 is 15.7 Å². The minimum absolute atomic E-state index is 0.0823. The lowest BCUT2D eigenvalue weighted by Gasteiger charge is -2.21. The van der Waals surface area contributed by atoms with Gasteiger partial charge >= 0.3 is 0 Å². The maximum Gasteiger partial charge on any atom is 0.245 e. The van der Waals surface area contributed by atoms with E-state index in [1.807, 2.05) is 20.8 Å². The van der Waals surface area contributed by atoms with Crippen molar-refractivity contribution in [3.05, 3.63) is 24.0 Å². The van der Waals surface area contributed by atoms with Crippen molar-refractivity contribution in [3.63, 3.8) is 0 Å². The topological polar surface area (TPSA) is 72.2 Å². The lowest BCUT2D eigenvalue weighted by atomic mass is 10.0. The molecule has 18 heavy (non-hydrogen) atoms. The quantitative estimate of drug-likeness (QED) is 0.808. The van der Waals surface area contributed by atoms with Crippen LogP contribution >= 0.6 is 0 Å². The van der Waals surface area contributed by atoms with Crippen LogP contribution in [0.4, 0.5) is 10.1 Å². The van der Waals surface area contributed by atoms with E-state index in [9.17, 15) is 12.8 Å². The summed E-state index contributed by atoms with van der Waals surface area (Å²) in [6, 6.07) is 3.59. The van der Waals surface area contributed by atoms with Gasteiger partial charge in [0.1, 0.15) is 10.7 Å². The number of anilines is 1. The molecule has 1 rings (SSSR count). The van der Waals surface area contributed by atoms with Crippen LogP contribution in [0.1, 0.15) is 27.2 Å². The van der Waals surface area contributed by atoms with E-state index in [1.54, 1.807) is 0 Å². The Morgan fingerprint density at radius 3 is 2.44 bits per heavy atom. The molecule has 0 bridgehead atoms. The number of nitrogens with two attached hydrogens (primary N) is 1. The summed E-state index contributed by atoms with van der Waals surface area (Å²) in [5, 5.41) is 0. The first-order valence-electron chi connectivity index (χ1n) is 5.86.